The van der Waals surface area contributed by atoms with Gasteiger partial charge in [0.1, 0.15) is 11.2 Å². The number of benzene rings is 2. The molecule has 2 aliphatic rings. The maximum atomic E-state index is 13.6. The van der Waals surface area contributed by atoms with Crippen LogP contribution in [0, 0.1) is 0 Å². The lowest BCUT2D eigenvalue weighted by Crippen LogP contribution is -2.42. The minimum atomic E-state index is -5.01. The number of nitrogens with zero attached hydrogens (tertiary/aromatic N) is 8. The van der Waals surface area contributed by atoms with Gasteiger partial charge in [-0.2, -0.15) is 52.7 Å². The van der Waals surface area contributed by atoms with Crippen molar-refractivity contribution in [3.63, 3.8) is 0 Å². The van der Waals surface area contributed by atoms with Crippen LogP contribution in [0.2, 0.25) is 0 Å². The van der Waals surface area contributed by atoms with E-state index in [1.807, 2.05) is 13.8 Å². The number of alkyl halides is 12. The molecular weight excluding hydrogens is 1110 g/mol. The minimum absolute atomic E-state index is 0.0358. The summed E-state index contributed by atoms with van der Waals surface area (Å²) < 4.78 is 178. The third kappa shape index (κ3) is 18.9. The molecule has 15 nitrogen and oxygen atoms in total. The maximum absolute atomic E-state index is 13.6. The summed E-state index contributed by atoms with van der Waals surface area (Å²) in [5.74, 6) is -0.289. The molecule has 0 saturated carbocycles. The van der Waals surface area contributed by atoms with Gasteiger partial charge in [-0.1, -0.05) is 13.8 Å². The second-order valence-corrected chi connectivity index (χ2v) is 21.9. The summed E-state index contributed by atoms with van der Waals surface area (Å²) in [6.07, 6.45) is -12.1. The van der Waals surface area contributed by atoms with E-state index in [0.29, 0.717) is 73.9 Å². The first-order chi connectivity index (χ1) is 37.9. The van der Waals surface area contributed by atoms with Crippen LogP contribution in [-0.2, 0) is 69.6 Å². The molecule has 2 fully saturated rings. The van der Waals surface area contributed by atoms with Crippen LogP contribution in [0.15, 0.2) is 61.2 Å². The summed E-state index contributed by atoms with van der Waals surface area (Å²) >= 11 is 0. The number of ether oxygens (including phenoxy) is 3. The normalized spacial score (nSPS) is 18.0. The van der Waals surface area contributed by atoms with E-state index in [-0.39, 0.29) is 86.3 Å². The van der Waals surface area contributed by atoms with Gasteiger partial charge in [0, 0.05) is 76.1 Å². The van der Waals surface area contributed by atoms with Crippen molar-refractivity contribution in [1.29, 1.82) is 0 Å². The quantitative estimate of drug-likeness (QED) is 0.0641. The summed E-state index contributed by atoms with van der Waals surface area (Å²) in [7, 11) is 1.25. The average molecular weight is 1180 g/mol. The molecule has 4 atom stereocenters. The molecule has 27 heteroatoms. The van der Waals surface area contributed by atoms with Gasteiger partial charge in [0.2, 0.25) is 11.9 Å². The van der Waals surface area contributed by atoms with Gasteiger partial charge in [-0.05, 0) is 145 Å². The predicted molar refractivity (Wildman–Crippen MR) is 276 cm³/mol. The number of hydrogen-bond donors (Lipinski definition) is 1. The van der Waals surface area contributed by atoms with Crippen LogP contribution in [-0.4, -0.2) is 115 Å². The van der Waals surface area contributed by atoms with Gasteiger partial charge in [-0.25, -0.2) is 29.5 Å². The molecular formula is C55H68F12N8O7. The minimum Gasteiger partial charge on any atom is -0.469 e. The van der Waals surface area contributed by atoms with E-state index >= 15 is 0 Å². The van der Waals surface area contributed by atoms with E-state index in [1.54, 1.807) is 46.4 Å². The van der Waals surface area contributed by atoms with Crippen LogP contribution >= 0.6 is 0 Å². The van der Waals surface area contributed by atoms with Crippen LogP contribution in [0.5, 0.6) is 0 Å². The van der Waals surface area contributed by atoms with Crippen molar-refractivity contribution in [3.05, 3.63) is 106 Å². The van der Waals surface area contributed by atoms with Crippen LogP contribution in [0.1, 0.15) is 138 Å². The SMILES string of the molecule is CC[C@@H]1CC(N(Cc2cc(C(F)(F)F)cc(C(F)(F)F)c2)c2ncc(CCC(=O)OC)cn2)CN1C(=O)OC(C)(C)C.CC[C@@H]1C[C@H](N(Cc2cc(C(F)(F)F)cc(C(F)(F)F)c2)c2ncc(CCCO)cn2)CN1C(=O)OC(C)(C)C. The second kappa shape index (κ2) is 26.7. The molecule has 2 aromatic heterocycles. The van der Waals surface area contributed by atoms with E-state index in [4.69, 9.17) is 14.6 Å². The highest BCUT2D eigenvalue weighted by atomic mass is 19.4. The van der Waals surface area contributed by atoms with Gasteiger partial charge in [-0.15, -0.1) is 0 Å². The fourth-order valence-corrected chi connectivity index (χ4v) is 9.32. The summed E-state index contributed by atoms with van der Waals surface area (Å²) in [6, 6.07) is 1.27. The largest absolute Gasteiger partial charge is 0.469 e. The zero-order valence-electron chi connectivity index (χ0n) is 46.8. The number of aliphatic hydroxyl groups excluding tert-OH is 1. The molecule has 6 rings (SSSR count). The Labute approximate surface area is 467 Å². The Hall–Kier alpha value is -6.67. The molecule has 2 amide bonds. The number of esters is 1. The maximum Gasteiger partial charge on any atom is 0.416 e. The molecule has 2 saturated heterocycles. The molecule has 454 valence electrons. The Morgan fingerprint density at radius 2 is 0.878 bits per heavy atom. The number of aromatic nitrogens is 4. The molecule has 2 aromatic carbocycles. The number of aryl methyl sites for hydroxylation is 2. The molecule has 1 N–H and O–H groups in total. The van der Waals surface area contributed by atoms with E-state index in [0.717, 1.165) is 0 Å². The van der Waals surface area contributed by atoms with Gasteiger partial charge in [0.15, 0.2) is 0 Å². The van der Waals surface area contributed by atoms with Crippen molar-refractivity contribution in [3.8, 4) is 0 Å². The number of hydrogen-bond acceptors (Lipinski definition) is 13. The summed E-state index contributed by atoms with van der Waals surface area (Å²) in [6.45, 7) is 13.5. The predicted octanol–water partition coefficient (Wildman–Crippen LogP) is 12.6. The van der Waals surface area contributed by atoms with Crippen molar-refractivity contribution in [2.45, 2.75) is 180 Å². The average Bonchev–Trinajstić information content (AvgIpc) is 4.16. The lowest BCUT2D eigenvalue weighted by atomic mass is 10.0. The van der Waals surface area contributed by atoms with E-state index < -0.39 is 94.9 Å². The summed E-state index contributed by atoms with van der Waals surface area (Å²) in [5, 5.41) is 9.07. The Morgan fingerprint density at radius 3 is 1.16 bits per heavy atom. The monoisotopic (exact) mass is 1180 g/mol. The molecule has 0 radical (unpaired) electrons. The highest BCUT2D eigenvalue weighted by Gasteiger charge is 2.44. The number of methoxy groups -OCH3 is 1. The Bertz CT molecular complexity index is 2700. The first-order valence-corrected chi connectivity index (χ1v) is 26.3. The van der Waals surface area contributed by atoms with E-state index in [2.05, 4.69) is 24.7 Å². The number of aliphatic hydroxyl groups is 1. The van der Waals surface area contributed by atoms with Crippen molar-refractivity contribution >= 4 is 30.1 Å². The first-order valence-electron chi connectivity index (χ1n) is 26.3. The third-order valence-electron chi connectivity index (χ3n) is 13.2. The van der Waals surface area contributed by atoms with Crippen LogP contribution in [0.3, 0.4) is 0 Å². The van der Waals surface area contributed by atoms with Gasteiger partial charge in [0.05, 0.1) is 41.4 Å². The number of halogens is 12. The Balaban J connectivity index is 0.000000301. The van der Waals surface area contributed by atoms with E-state index in [1.165, 1.54) is 46.6 Å². The molecule has 4 aromatic rings. The molecule has 2 aliphatic heterocycles. The Morgan fingerprint density at radius 1 is 0.549 bits per heavy atom. The number of likely N-dealkylation sites (tertiary alicyclic amines) is 2. The van der Waals surface area contributed by atoms with Gasteiger partial charge in [0.25, 0.3) is 0 Å². The van der Waals surface area contributed by atoms with Crippen molar-refractivity contribution < 1.29 is 86.4 Å². The molecule has 0 bridgehead atoms. The van der Waals surface area contributed by atoms with Crippen LogP contribution < -0.4 is 9.80 Å². The number of rotatable bonds is 16. The zero-order valence-corrected chi connectivity index (χ0v) is 46.8. The number of carbonyl (C=O) groups is 3. The number of carbonyl (C=O) groups excluding carboxylic acids is 3. The van der Waals surface area contributed by atoms with E-state index in [9.17, 15) is 67.1 Å². The van der Waals surface area contributed by atoms with Crippen LogP contribution in [0.25, 0.3) is 0 Å². The zero-order chi connectivity index (χ0) is 61.3. The standard InChI is InChI=1S/C28H34F6N4O4.C27H34F6N4O3/c1-6-21-12-22(16-38(21)25(40)42-26(2,3)4)37(24-35-13-17(14-36-24)7-8-23(39)41-5)15-18-9-19(27(29,30)31)11-20(10-18)28(32,33)34;1-5-21-12-22(16-37(21)24(39)40-25(2,3)4)36(23-34-13-17(14-35-23)7-6-8-38)15-18-9-19(26(28,29)30)11-20(10-18)27(31,32)33/h9-11,13-14,21-22H,6-8,12,15-16H2,1-5H3;9-11,13-14,21-22,38H,5-8,12,15-16H2,1-4H3/t21-,22?;21-,22+/m11/s1. The fraction of sp³-hybridized carbons (Fsp3) is 0.582. The van der Waals surface area contributed by atoms with Gasteiger partial charge in [-0.3, -0.25) is 4.79 Å². The highest BCUT2D eigenvalue weighted by Crippen LogP contribution is 2.40. The molecule has 4 heterocycles. The summed E-state index contributed by atoms with van der Waals surface area (Å²) in [4.78, 5) is 60.8. The van der Waals surface area contributed by atoms with Crippen molar-refractivity contribution in [1.82, 2.24) is 29.7 Å². The third-order valence-corrected chi connectivity index (χ3v) is 13.2. The smallest absolute Gasteiger partial charge is 0.416 e. The first kappa shape index (κ1) is 66.1. The molecule has 0 spiro atoms. The van der Waals surface area contributed by atoms with Gasteiger partial charge >= 0.3 is 42.9 Å². The second-order valence-electron chi connectivity index (χ2n) is 21.9. The van der Waals surface area contributed by atoms with Crippen LogP contribution in [0.4, 0.5) is 74.2 Å². The molecule has 82 heavy (non-hydrogen) atoms. The number of anilines is 2. The molecule has 0 aliphatic carbocycles. The lowest BCUT2D eigenvalue weighted by molar-refractivity contribution is -0.144. The topological polar surface area (TPSA) is 164 Å². The molecule has 1 unspecified atom stereocenters. The van der Waals surface area contributed by atoms with Crippen molar-refractivity contribution in [2.24, 2.45) is 0 Å². The lowest BCUT2D eigenvalue weighted by Gasteiger charge is -2.30. The van der Waals surface area contributed by atoms with Gasteiger partial charge < -0.3 is 38.9 Å². The Kier molecular flexibility index (Phi) is 21.5. The number of amides is 2. The fourth-order valence-electron chi connectivity index (χ4n) is 9.32. The highest BCUT2D eigenvalue weighted by molar-refractivity contribution is 5.70. The van der Waals surface area contributed by atoms with Crippen molar-refractivity contribution in [2.75, 3.05) is 36.6 Å². The summed E-state index contributed by atoms with van der Waals surface area (Å²) in [5.41, 5.74) is -6.40.